The van der Waals surface area contributed by atoms with Crippen molar-refractivity contribution < 1.29 is 14.9 Å². The van der Waals surface area contributed by atoms with Gasteiger partial charge in [0.15, 0.2) is 6.23 Å². The van der Waals surface area contributed by atoms with E-state index in [0.717, 1.165) is 0 Å². The number of aromatic nitrogens is 4. The van der Waals surface area contributed by atoms with Gasteiger partial charge >= 0.3 is 5.69 Å². The smallest absolute Gasteiger partial charge is 0.349 e. The zero-order chi connectivity index (χ0) is 12.4. The summed E-state index contributed by atoms with van der Waals surface area (Å²) in [7, 11) is 0. The molecule has 0 radical (unpaired) electrons. The van der Waals surface area contributed by atoms with Crippen LogP contribution < -0.4 is 5.69 Å². The lowest BCUT2D eigenvalue weighted by Gasteiger charge is -2.19. The molecule has 0 spiro atoms. The second kappa shape index (κ2) is 3.16. The van der Waals surface area contributed by atoms with Crippen molar-refractivity contribution in [3.63, 3.8) is 0 Å². The molecule has 94 valence electrons. The van der Waals surface area contributed by atoms with Crippen LogP contribution in [-0.4, -0.2) is 47.6 Å². The van der Waals surface area contributed by atoms with Gasteiger partial charge in [-0.15, -0.1) is 0 Å². The highest BCUT2D eigenvalue weighted by atomic mass is 16.6. The molecule has 1 unspecified atom stereocenters. The number of rotatable bonds is 0. The number of hydrogen-bond acceptors (Lipinski definition) is 6. The van der Waals surface area contributed by atoms with E-state index in [9.17, 15) is 15.0 Å². The first-order valence-corrected chi connectivity index (χ1v) is 5.61. The summed E-state index contributed by atoms with van der Waals surface area (Å²) in [5.74, 6) is 0. The van der Waals surface area contributed by atoms with Gasteiger partial charge in [-0.25, -0.2) is 9.78 Å². The minimum atomic E-state index is -1.02. The molecule has 4 atom stereocenters. The lowest BCUT2D eigenvalue weighted by Crippen LogP contribution is -2.38. The van der Waals surface area contributed by atoms with E-state index in [4.69, 9.17) is 4.74 Å². The van der Waals surface area contributed by atoms with Gasteiger partial charge in [0.05, 0.1) is 19.1 Å². The Kier molecular flexibility index (Phi) is 1.79. The monoisotopic (exact) mass is 250 g/mol. The summed E-state index contributed by atoms with van der Waals surface area (Å²) in [4.78, 5) is 19.6. The van der Waals surface area contributed by atoms with Crippen LogP contribution in [0.15, 0.2) is 17.3 Å². The van der Waals surface area contributed by atoms with Crippen LogP contribution in [0.1, 0.15) is 6.23 Å². The van der Waals surface area contributed by atoms with E-state index in [2.05, 4.69) is 9.97 Å². The maximum Gasteiger partial charge on any atom is 0.349 e. The quantitative estimate of drug-likeness (QED) is 0.573. The molecule has 0 aromatic carbocycles. The molecule has 18 heavy (non-hydrogen) atoms. The minimum absolute atomic E-state index is 0.156. The molecule has 2 aliphatic rings. The predicted molar refractivity (Wildman–Crippen MR) is 57.7 cm³/mol. The molecule has 2 aliphatic heterocycles. The molecule has 1 fully saturated rings. The van der Waals surface area contributed by atoms with Gasteiger partial charge in [-0.2, -0.15) is 4.98 Å². The second-order valence-corrected chi connectivity index (χ2v) is 4.56. The normalized spacial score (nSPS) is 33.9. The van der Waals surface area contributed by atoms with Gasteiger partial charge in [0.2, 0.25) is 0 Å². The molecule has 2 aromatic heterocycles. The molecule has 4 heterocycles. The average molecular weight is 250 g/mol. The third kappa shape index (κ3) is 1.07. The summed E-state index contributed by atoms with van der Waals surface area (Å²) >= 11 is 0. The zero-order valence-electron chi connectivity index (χ0n) is 9.17. The largest absolute Gasteiger partial charge is 0.387 e. The van der Waals surface area contributed by atoms with Gasteiger partial charge in [-0.1, -0.05) is 0 Å². The minimum Gasteiger partial charge on any atom is -0.387 e. The zero-order valence-corrected chi connectivity index (χ0v) is 9.17. The molecular formula is C10H10N4O4. The number of ether oxygens (including phenoxy) is 1. The molecule has 8 nitrogen and oxygen atoms in total. The van der Waals surface area contributed by atoms with Crippen LogP contribution in [0.2, 0.25) is 0 Å². The lowest BCUT2D eigenvalue weighted by molar-refractivity contribution is -0.0331. The van der Waals surface area contributed by atoms with E-state index in [1.165, 1.54) is 17.1 Å². The van der Waals surface area contributed by atoms with Crippen LogP contribution in [0.25, 0.3) is 11.2 Å². The molecule has 1 saturated heterocycles. The molecule has 2 bridgehead atoms. The summed E-state index contributed by atoms with van der Waals surface area (Å²) in [5, 5.41) is 19.8. The summed E-state index contributed by atoms with van der Waals surface area (Å²) in [5.41, 5.74) is 0.711. The predicted octanol–water partition coefficient (Wildman–Crippen LogP) is -1.77. The van der Waals surface area contributed by atoms with Crippen LogP contribution in [0.5, 0.6) is 0 Å². The fraction of sp³-hybridized carbons (Fsp3) is 0.500. The highest BCUT2D eigenvalue weighted by molar-refractivity contribution is 5.70. The van der Waals surface area contributed by atoms with Crippen molar-refractivity contribution in [2.24, 2.45) is 0 Å². The second-order valence-electron chi connectivity index (χ2n) is 4.56. The summed E-state index contributed by atoms with van der Waals surface area (Å²) < 4.78 is 8.56. The highest BCUT2D eigenvalue weighted by Crippen LogP contribution is 2.34. The van der Waals surface area contributed by atoms with Crippen LogP contribution >= 0.6 is 0 Å². The highest BCUT2D eigenvalue weighted by Gasteiger charge is 2.46. The number of fused-ring (bicyclic) bond motifs is 3. The van der Waals surface area contributed by atoms with Crippen molar-refractivity contribution in [1.29, 1.82) is 0 Å². The molecule has 2 N–H and O–H groups in total. The average Bonchev–Trinajstić information content (AvgIpc) is 2.82. The Morgan fingerprint density at radius 1 is 1.33 bits per heavy atom. The van der Waals surface area contributed by atoms with Crippen molar-refractivity contribution in [3.8, 4) is 0 Å². The van der Waals surface area contributed by atoms with E-state index in [0.29, 0.717) is 11.2 Å². The third-order valence-corrected chi connectivity index (χ3v) is 3.55. The van der Waals surface area contributed by atoms with E-state index in [1.54, 1.807) is 4.57 Å². The van der Waals surface area contributed by atoms with E-state index >= 15 is 0 Å². The Bertz CT molecular complexity index is 693. The number of imidazole rings is 1. The van der Waals surface area contributed by atoms with Crippen molar-refractivity contribution >= 4 is 11.2 Å². The number of aliphatic hydroxyl groups excluding tert-OH is 2. The lowest BCUT2D eigenvalue weighted by atomic mass is 10.1. The first kappa shape index (κ1) is 10.2. The number of aliphatic hydroxyl groups is 2. The molecule has 0 aliphatic carbocycles. The molecule has 4 rings (SSSR count). The van der Waals surface area contributed by atoms with Gasteiger partial charge < -0.3 is 14.9 Å². The van der Waals surface area contributed by atoms with Crippen molar-refractivity contribution in [1.82, 2.24) is 19.1 Å². The SMILES string of the molecule is O=c1ncc2ncn3c2n1C[C@H]1O[C@H]3C(O)[C@H]1O. The maximum atomic E-state index is 11.8. The summed E-state index contributed by atoms with van der Waals surface area (Å²) in [6, 6.07) is 0. The van der Waals surface area contributed by atoms with Crippen LogP contribution in [0, 0.1) is 0 Å². The van der Waals surface area contributed by atoms with Crippen molar-refractivity contribution in [3.05, 3.63) is 23.0 Å². The molecule has 0 saturated carbocycles. The Morgan fingerprint density at radius 2 is 2.17 bits per heavy atom. The first-order chi connectivity index (χ1) is 8.66. The van der Waals surface area contributed by atoms with E-state index < -0.39 is 30.2 Å². The Hall–Kier alpha value is -1.77. The maximum absolute atomic E-state index is 11.8. The van der Waals surface area contributed by atoms with Gasteiger partial charge in [-0.05, 0) is 0 Å². The Morgan fingerprint density at radius 3 is 3.00 bits per heavy atom. The van der Waals surface area contributed by atoms with Crippen LogP contribution in [0.3, 0.4) is 0 Å². The van der Waals surface area contributed by atoms with Gasteiger partial charge in [-0.3, -0.25) is 9.13 Å². The van der Waals surface area contributed by atoms with Crippen molar-refractivity contribution in [2.75, 3.05) is 0 Å². The molecular weight excluding hydrogens is 240 g/mol. The fourth-order valence-corrected chi connectivity index (χ4v) is 2.66. The van der Waals surface area contributed by atoms with Crippen LogP contribution in [-0.2, 0) is 11.3 Å². The fourth-order valence-electron chi connectivity index (χ4n) is 2.66. The standard InChI is InChI=1S/C10H10N4O4/c15-6-5-2-13-8-4(1-11-10(13)17)12-3-14(8)9(18-5)7(6)16/h1,3,5-7,9,15-16H,2H2/t5-,6+,7?,9+/m1/s1. The number of nitrogens with zero attached hydrogens (tertiary/aromatic N) is 4. The van der Waals surface area contributed by atoms with Crippen molar-refractivity contribution in [2.45, 2.75) is 31.1 Å². The topological polar surface area (TPSA) is 102 Å². The van der Waals surface area contributed by atoms with Gasteiger partial charge in [0, 0.05) is 0 Å². The first-order valence-electron chi connectivity index (χ1n) is 5.61. The summed E-state index contributed by atoms with van der Waals surface area (Å²) in [6.07, 6.45) is -0.499. The number of hydrogen-bond donors (Lipinski definition) is 2. The molecule has 2 aromatic rings. The third-order valence-electron chi connectivity index (χ3n) is 3.55. The van der Waals surface area contributed by atoms with Crippen LogP contribution in [0.4, 0.5) is 0 Å². The molecule has 8 heteroatoms. The Balaban J connectivity index is 2.08. The molecule has 0 amide bonds. The van der Waals surface area contributed by atoms with E-state index in [1.807, 2.05) is 0 Å². The summed E-state index contributed by atoms with van der Waals surface area (Å²) in [6.45, 7) is 0.156. The Labute approximate surface area is 100 Å². The van der Waals surface area contributed by atoms with Gasteiger partial charge in [0.25, 0.3) is 0 Å². The van der Waals surface area contributed by atoms with E-state index in [-0.39, 0.29) is 6.54 Å². The van der Waals surface area contributed by atoms with Gasteiger partial charge in [0.1, 0.15) is 29.5 Å².